The van der Waals surface area contributed by atoms with E-state index in [2.05, 4.69) is 26.1 Å². The molecule has 120 valence electrons. The molecular formula is C15H27N3O2S. The van der Waals surface area contributed by atoms with Gasteiger partial charge in [-0.3, -0.25) is 0 Å². The van der Waals surface area contributed by atoms with Crippen LogP contribution >= 0.6 is 0 Å². The van der Waals surface area contributed by atoms with E-state index in [1.54, 1.807) is 10.5 Å². The normalized spacial score (nSPS) is 24.1. The summed E-state index contributed by atoms with van der Waals surface area (Å²) >= 11 is 0. The summed E-state index contributed by atoms with van der Waals surface area (Å²) < 4.78 is 29.4. The van der Waals surface area contributed by atoms with Crippen LogP contribution in [-0.4, -0.2) is 36.9 Å². The minimum absolute atomic E-state index is 0.0835. The maximum Gasteiger partial charge on any atom is 0.244 e. The highest BCUT2D eigenvalue weighted by Gasteiger charge is 2.36. The first-order valence-corrected chi connectivity index (χ1v) is 9.08. The molecule has 1 aromatic heterocycles. The van der Waals surface area contributed by atoms with E-state index < -0.39 is 10.0 Å². The van der Waals surface area contributed by atoms with E-state index in [-0.39, 0.29) is 12.1 Å². The maximum atomic E-state index is 12.9. The van der Waals surface area contributed by atoms with Gasteiger partial charge in [-0.15, -0.1) is 0 Å². The first-order valence-electron chi connectivity index (χ1n) is 7.64. The van der Waals surface area contributed by atoms with Gasteiger partial charge in [0, 0.05) is 37.1 Å². The third kappa shape index (κ3) is 3.17. The molecule has 5 nitrogen and oxygen atoms in total. The largest absolute Gasteiger partial charge is 0.346 e. The lowest BCUT2D eigenvalue weighted by Gasteiger charge is -2.20. The SMILES string of the molecule is CNCc1cc(S(=O)(=O)N2CC(C)CC2C)cn1C(C)C. The zero-order valence-corrected chi connectivity index (χ0v) is 14.4. The van der Waals surface area contributed by atoms with Crippen LogP contribution in [0.4, 0.5) is 0 Å². The minimum Gasteiger partial charge on any atom is -0.346 e. The first kappa shape index (κ1) is 16.5. The Bertz CT molecular complexity index is 592. The lowest BCUT2D eigenvalue weighted by molar-refractivity contribution is 0.405. The van der Waals surface area contributed by atoms with Gasteiger partial charge in [0.2, 0.25) is 10.0 Å². The predicted molar refractivity (Wildman–Crippen MR) is 84.7 cm³/mol. The van der Waals surface area contributed by atoms with E-state index in [0.717, 1.165) is 12.1 Å². The number of hydrogen-bond acceptors (Lipinski definition) is 3. The second kappa shape index (κ2) is 6.10. The van der Waals surface area contributed by atoms with Gasteiger partial charge in [0.15, 0.2) is 0 Å². The van der Waals surface area contributed by atoms with Gasteiger partial charge >= 0.3 is 0 Å². The highest BCUT2D eigenvalue weighted by Crippen LogP contribution is 2.30. The second-order valence-electron chi connectivity index (χ2n) is 6.46. The lowest BCUT2D eigenvalue weighted by atomic mass is 10.1. The number of rotatable bonds is 5. The molecule has 0 aliphatic carbocycles. The molecule has 21 heavy (non-hydrogen) atoms. The highest BCUT2D eigenvalue weighted by atomic mass is 32.2. The molecule has 0 amide bonds. The van der Waals surface area contributed by atoms with E-state index in [1.165, 1.54) is 0 Å². The summed E-state index contributed by atoms with van der Waals surface area (Å²) in [7, 11) is -1.52. The molecule has 1 fully saturated rings. The van der Waals surface area contributed by atoms with Gasteiger partial charge in [0.1, 0.15) is 4.90 Å². The van der Waals surface area contributed by atoms with Gasteiger partial charge in [-0.25, -0.2) is 8.42 Å². The van der Waals surface area contributed by atoms with Gasteiger partial charge < -0.3 is 9.88 Å². The van der Waals surface area contributed by atoms with Crippen LogP contribution in [0.15, 0.2) is 17.2 Å². The van der Waals surface area contributed by atoms with Crippen LogP contribution in [-0.2, 0) is 16.6 Å². The average Bonchev–Trinajstić information content (AvgIpc) is 2.94. The van der Waals surface area contributed by atoms with Gasteiger partial charge in [-0.2, -0.15) is 4.31 Å². The van der Waals surface area contributed by atoms with Crippen molar-refractivity contribution in [2.75, 3.05) is 13.6 Å². The van der Waals surface area contributed by atoms with Crippen LogP contribution in [0.25, 0.3) is 0 Å². The standard InChI is InChI=1S/C15H27N3O2S/c1-11(2)17-10-15(7-14(17)8-16-5)21(19,20)18-9-12(3)6-13(18)4/h7,10-13,16H,6,8-9H2,1-5H3. The Morgan fingerprint density at radius 2 is 2.05 bits per heavy atom. The summed E-state index contributed by atoms with van der Waals surface area (Å²) in [5.74, 6) is 0.429. The van der Waals surface area contributed by atoms with Crippen molar-refractivity contribution in [3.63, 3.8) is 0 Å². The van der Waals surface area contributed by atoms with Crippen LogP contribution in [0.2, 0.25) is 0 Å². The number of nitrogens with zero attached hydrogens (tertiary/aromatic N) is 2. The lowest BCUT2D eigenvalue weighted by Crippen LogP contribution is -2.33. The van der Waals surface area contributed by atoms with Gasteiger partial charge in [-0.1, -0.05) is 6.92 Å². The van der Waals surface area contributed by atoms with Crippen molar-refractivity contribution in [2.45, 2.75) is 57.6 Å². The molecule has 0 radical (unpaired) electrons. The fraction of sp³-hybridized carbons (Fsp3) is 0.733. The van der Waals surface area contributed by atoms with Crippen LogP contribution in [0.3, 0.4) is 0 Å². The summed E-state index contributed by atoms with van der Waals surface area (Å²) in [6.45, 7) is 9.52. The Labute approximate surface area is 128 Å². The zero-order chi connectivity index (χ0) is 15.8. The molecule has 1 aliphatic heterocycles. The Balaban J connectivity index is 2.38. The molecule has 2 rings (SSSR count). The molecule has 1 N–H and O–H groups in total. The van der Waals surface area contributed by atoms with E-state index in [1.807, 2.05) is 24.6 Å². The topological polar surface area (TPSA) is 54.3 Å². The Hall–Kier alpha value is -0.850. The van der Waals surface area contributed by atoms with Crippen LogP contribution in [0, 0.1) is 5.92 Å². The molecule has 2 unspecified atom stereocenters. The van der Waals surface area contributed by atoms with Crippen molar-refractivity contribution in [3.05, 3.63) is 18.0 Å². The van der Waals surface area contributed by atoms with E-state index >= 15 is 0 Å². The molecule has 1 aromatic rings. The summed E-state index contributed by atoms with van der Waals surface area (Å²) in [5, 5.41) is 3.10. The van der Waals surface area contributed by atoms with Crippen LogP contribution in [0.5, 0.6) is 0 Å². The highest BCUT2D eigenvalue weighted by molar-refractivity contribution is 7.89. The van der Waals surface area contributed by atoms with Gasteiger partial charge in [-0.05, 0) is 46.2 Å². The molecule has 2 atom stereocenters. The van der Waals surface area contributed by atoms with Gasteiger partial charge in [0.05, 0.1) is 0 Å². The minimum atomic E-state index is -3.39. The molecular weight excluding hydrogens is 286 g/mol. The molecule has 0 aromatic carbocycles. The smallest absolute Gasteiger partial charge is 0.244 e. The number of sulfonamides is 1. The van der Waals surface area contributed by atoms with Crippen molar-refractivity contribution >= 4 is 10.0 Å². The molecule has 1 saturated heterocycles. The van der Waals surface area contributed by atoms with E-state index in [9.17, 15) is 8.42 Å². The summed E-state index contributed by atoms with van der Waals surface area (Å²) in [6.07, 6.45) is 2.72. The molecule has 1 aliphatic rings. The average molecular weight is 313 g/mol. The number of nitrogens with one attached hydrogen (secondary N) is 1. The predicted octanol–water partition coefficient (Wildman–Crippen LogP) is 2.21. The summed E-state index contributed by atoms with van der Waals surface area (Å²) in [6, 6.07) is 2.13. The van der Waals surface area contributed by atoms with E-state index in [4.69, 9.17) is 0 Å². The van der Waals surface area contributed by atoms with Gasteiger partial charge in [0.25, 0.3) is 0 Å². The Kier molecular flexibility index (Phi) is 4.80. The van der Waals surface area contributed by atoms with Crippen molar-refractivity contribution < 1.29 is 8.42 Å². The molecule has 0 saturated carbocycles. The third-order valence-corrected chi connectivity index (χ3v) is 6.10. The summed E-state index contributed by atoms with van der Waals surface area (Å²) in [5.41, 5.74) is 1.01. The van der Waals surface area contributed by atoms with Crippen LogP contribution in [0.1, 0.15) is 45.9 Å². The number of aromatic nitrogens is 1. The fourth-order valence-corrected chi connectivity index (χ4v) is 4.99. The van der Waals surface area contributed by atoms with Crippen molar-refractivity contribution in [1.82, 2.24) is 14.2 Å². The molecule has 0 bridgehead atoms. The quantitative estimate of drug-likeness (QED) is 0.907. The monoisotopic (exact) mass is 313 g/mol. The van der Waals surface area contributed by atoms with E-state index in [0.29, 0.717) is 23.9 Å². The van der Waals surface area contributed by atoms with Crippen molar-refractivity contribution in [1.29, 1.82) is 0 Å². The van der Waals surface area contributed by atoms with Crippen molar-refractivity contribution in [2.24, 2.45) is 5.92 Å². The second-order valence-corrected chi connectivity index (χ2v) is 8.35. The molecule has 6 heteroatoms. The Morgan fingerprint density at radius 1 is 1.38 bits per heavy atom. The van der Waals surface area contributed by atoms with Crippen molar-refractivity contribution in [3.8, 4) is 0 Å². The molecule has 0 spiro atoms. The third-order valence-electron chi connectivity index (χ3n) is 4.15. The zero-order valence-electron chi connectivity index (χ0n) is 13.6. The number of hydrogen-bond donors (Lipinski definition) is 1. The maximum absolute atomic E-state index is 12.9. The van der Waals surface area contributed by atoms with Crippen LogP contribution < -0.4 is 5.32 Å². The fourth-order valence-electron chi connectivity index (χ4n) is 3.17. The Morgan fingerprint density at radius 3 is 2.52 bits per heavy atom. The summed E-state index contributed by atoms with van der Waals surface area (Å²) in [4.78, 5) is 0.419. The first-order chi connectivity index (χ1) is 9.77. The molecule has 2 heterocycles.